The fourth-order valence-electron chi connectivity index (χ4n) is 6.32. The molecule has 2 N–H and O–H groups in total. The predicted molar refractivity (Wildman–Crippen MR) is 133 cm³/mol. The summed E-state index contributed by atoms with van der Waals surface area (Å²) in [5, 5.41) is 13.5. The molecule has 6 rings (SSSR count). The Morgan fingerprint density at radius 2 is 1.61 bits per heavy atom. The minimum Gasteiger partial charge on any atom is -0.502 e. The third kappa shape index (κ3) is 4.12. The molecule has 202 valence electrons. The molecule has 10 nitrogen and oxygen atoms in total. The van der Waals surface area contributed by atoms with Crippen LogP contribution in [-0.4, -0.2) is 50.8 Å². The maximum absolute atomic E-state index is 13.2. The van der Waals surface area contributed by atoms with Gasteiger partial charge in [-0.15, -0.1) is 0 Å². The van der Waals surface area contributed by atoms with Gasteiger partial charge in [0, 0.05) is 23.4 Å². The number of amides is 1. The van der Waals surface area contributed by atoms with E-state index in [9.17, 15) is 14.7 Å². The molecule has 2 aliphatic heterocycles. The van der Waals surface area contributed by atoms with Crippen LogP contribution in [-0.2, 0) is 14.3 Å². The predicted octanol–water partition coefficient (Wildman–Crippen LogP) is 4.17. The van der Waals surface area contributed by atoms with E-state index in [1.54, 1.807) is 12.1 Å². The van der Waals surface area contributed by atoms with Gasteiger partial charge in [-0.3, -0.25) is 4.79 Å². The van der Waals surface area contributed by atoms with Gasteiger partial charge in [0.15, 0.2) is 23.0 Å². The molecule has 4 aliphatic rings. The summed E-state index contributed by atoms with van der Waals surface area (Å²) in [5.41, 5.74) is 2.17. The first kappa shape index (κ1) is 24.5. The second kappa shape index (κ2) is 9.81. The Kier molecular flexibility index (Phi) is 6.33. The lowest BCUT2D eigenvalue weighted by Crippen LogP contribution is -2.41. The van der Waals surface area contributed by atoms with Gasteiger partial charge in [-0.05, 0) is 48.2 Å². The monoisotopic (exact) mass is 525 g/mol. The first-order valence-corrected chi connectivity index (χ1v) is 13.0. The molecule has 4 atom stereocenters. The molecule has 2 aliphatic carbocycles. The number of rotatable bonds is 5. The van der Waals surface area contributed by atoms with Crippen LogP contribution in [0.5, 0.6) is 28.7 Å². The van der Waals surface area contributed by atoms with E-state index < -0.39 is 30.0 Å². The molecule has 2 heterocycles. The first-order valence-electron chi connectivity index (χ1n) is 13.0. The van der Waals surface area contributed by atoms with Crippen molar-refractivity contribution in [3.63, 3.8) is 0 Å². The van der Waals surface area contributed by atoms with Gasteiger partial charge in [-0.1, -0.05) is 19.3 Å². The summed E-state index contributed by atoms with van der Waals surface area (Å²) < 4.78 is 33.7. The number of aromatic hydroxyl groups is 1. The van der Waals surface area contributed by atoms with E-state index in [0.29, 0.717) is 17.1 Å². The van der Waals surface area contributed by atoms with Crippen LogP contribution in [0.3, 0.4) is 0 Å². The van der Waals surface area contributed by atoms with Crippen LogP contribution >= 0.6 is 0 Å². The molecular weight excluding hydrogens is 494 g/mol. The van der Waals surface area contributed by atoms with Gasteiger partial charge in [0.05, 0.1) is 26.7 Å². The second-order valence-corrected chi connectivity index (χ2v) is 10.2. The summed E-state index contributed by atoms with van der Waals surface area (Å²) in [7, 11) is 2.90. The number of hydrogen-bond acceptors (Lipinski definition) is 9. The molecular formula is C28H31NO9. The normalized spacial score (nSPS) is 25.7. The third-order valence-corrected chi connectivity index (χ3v) is 8.14. The zero-order valence-electron chi connectivity index (χ0n) is 21.4. The number of cyclic esters (lactones) is 1. The highest BCUT2D eigenvalue weighted by atomic mass is 16.7. The number of carbonyl (C=O) groups is 2. The lowest BCUT2D eigenvalue weighted by Gasteiger charge is -2.38. The summed E-state index contributed by atoms with van der Waals surface area (Å²) >= 11 is 0. The lowest BCUT2D eigenvalue weighted by molar-refractivity contribution is -0.141. The van der Waals surface area contributed by atoms with Gasteiger partial charge in [-0.25, -0.2) is 4.79 Å². The Labute approximate surface area is 220 Å². The summed E-state index contributed by atoms with van der Waals surface area (Å²) in [4.78, 5) is 26.3. The van der Waals surface area contributed by atoms with Crippen molar-refractivity contribution < 1.29 is 43.1 Å². The van der Waals surface area contributed by atoms with Crippen molar-refractivity contribution in [2.45, 2.75) is 50.2 Å². The molecule has 2 aromatic rings. The molecule has 2 fully saturated rings. The standard InChI is InChI=1S/C28H31NO9/c1-33-21-8-14(9-22(34-2)25(21)30)23-16-10-19-20(37-13-36-19)11-17(16)26(18-12-35-27(31)24(18)23)38-28(32)29-15-6-4-3-5-7-15/h8-11,15,18,23-24,26,30H,3-7,12-13H2,1-2H3,(H,29,32)/t18-,23+,24-,26+/m0/s1. The van der Waals surface area contributed by atoms with Crippen molar-refractivity contribution in [1.29, 1.82) is 0 Å². The summed E-state index contributed by atoms with van der Waals surface area (Å²) in [6, 6.07) is 7.13. The van der Waals surface area contributed by atoms with Gasteiger partial charge in [0.25, 0.3) is 0 Å². The minimum atomic E-state index is -0.725. The average Bonchev–Trinajstić information content (AvgIpc) is 3.55. The number of methoxy groups -OCH3 is 2. The van der Waals surface area contributed by atoms with E-state index in [1.807, 2.05) is 12.1 Å². The average molecular weight is 526 g/mol. The van der Waals surface area contributed by atoms with Crippen molar-refractivity contribution in [3.8, 4) is 28.7 Å². The van der Waals surface area contributed by atoms with E-state index >= 15 is 0 Å². The van der Waals surface area contributed by atoms with Crippen LogP contribution in [0.4, 0.5) is 4.79 Å². The van der Waals surface area contributed by atoms with Crippen LogP contribution < -0.4 is 24.3 Å². The van der Waals surface area contributed by atoms with Crippen LogP contribution in [0.15, 0.2) is 24.3 Å². The topological polar surface area (TPSA) is 122 Å². The molecule has 38 heavy (non-hydrogen) atoms. The van der Waals surface area contributed by atoms with Crippen LogP contribution in [0.2, 0.25) is 0 Å². The van der Waals surface area contributed by atoms with Crippen molar-refractivity contribution in [3.05, 3.63) is 41.0 Å². The third-order valence-electron chi connectivity index (χ3n) is 8.14. The van der Waals surface area contributed by atoms with Crippen LogP contribution in [0.1, 0.15) is 60.8 Å². The summed E-state index contributed by atoms with van der Waals surface area (Å²) in [5.74, 6) is -0.552. The minimum absolute atomic E-state index is 0.0757. The molecule has 0 unspecified atom stereocenters. The molecule has 1 saturated heterocycles. The number of fused-ring (bicyclic) bond motifs is 3. The largest absolute Gasteiger partial charge is 0.502 e. The van der Waals surface area contributed by atoms with E-state index in [4.69, 9.17) is 28.4 Å². The van der Waals surface area contributed by atoms with Crippen molar-refractivity contribution in [2.75, 3.05) is 27.6 Å². The van der Waals surface area contributed by atoms with Gasteiger partial charge >= 0.3 is 12.1 Å². The SMILES string of the molecule is COc1cc([C@@H]2c3cc4c(cc3[C@@H](OC(=O)NC3CCCCC3)[C@H]3COC(=O)[C@H]23)OCO4)cc(OC)c1O. The van der Waals surface area contributed by atoms with Crippen molar-refractivity contribution in [2.24, 2.45) is 11.8 Å². The molecule has 0 spiro atoms. The summed E-state index contributed by atoms with van der Waals surface area (Å²) in [6.45, 7) is 0.188. The van der Waals surface area contributed by atoms with Crippen LogP contribution in [0.25, 0.3) is 0 Å². The molecule has 0 radical (unpaired) electrons. The maximum Gasteiger partial charge on any atom is 0.407 e. The molecule has 1 amide bonds. The summed E-state index contributed by atoms with van der Waals surface area (Å²) in [6.07, 6.45) is 3.95. The highest BCUT2D eigenvalue weighted by Crippen LogP contribution is 2.56. The second-order valence-electron chi connectivity index (χ2n) is 10.2. The van der Waals surface area contributed by atoms with E-state index in [0.717, 1.165) is 36.8 Å². The van der Waals surface area contributed by atoms with E-state index in [2.05, 4.69) is 5.32 Å². The molecule has 1 saturated carbocycles. The van der Waals surface area contributed by atoms with Gasteiger partial charge in [0.1, 0.15) is 6.10 Å². The number of carbonyl (C=O) groups excluding carboxylic acids is 2. The molecule has 2 aromatic carbocycles. The fourth-order valence-corrected chi connectivity index (χ4v) is 6.32. The van der Waals surface area contributed by atoms with E-state index in [1.165, 1.54) is 20.6 Å². The molecule has 0 bridgehead atoms. The first-order chi connectivity index (χ1) is 18.5. The Hall–Kier alpha value is -3.82. The van der Waals surface area contributed by atoms with E-state index in [-0.39, 0.29) is 42.7 Å². The van der Waals surface area contributed by atoms with Crippen molar-refractivity contribution in [1.82, 2.24) is 5.32 Å². The highest BCUT2D eigenvalue weighted by Gasteiger charge is 2.54. The molecule has 10 heteroatoms. The maximum atomic E-state index is 13.2. The quantitative estimate of drug-likeness (QED) is 0.554. The van der Waals surface area contributed by atoms with Crippen molar-refractivity contribution >= 4 is 12.1 Å². The Morgan fingerprint density at radius 1 is 0.947 bits per heavy atom. The van der Waals surface area contributed by atoms with Gasteiger partial charge in [-0.2, -0.15) is 0 Å². The number of alkyl carbamates (subject to hydrolysis) is 1. The Bertz CT molecular complexity index is 1230. The number of nitrogens with one attached hydrogen (secondary N) is 1. The van der Waals surface area contributed by atoms with Crippen LogP contribution in [0, 0.1) is 11.8 Å². The zero-order chi connectivity index (χ0) is 26.4. The number of phenolic OH excluding ortho intramolecular Hbond substituents is 1. The Morgan fingerprint density at radius 3 is 2.26 bits per heavy atom. The number of esters is 1. The lowest BCUT2D eigenvalue weighted by atomic mass is 9.66. The molecule has 0 aromatic heterocycles. The zero-order valence-corrected chi connectivity index (χ0v) is 21.4. The van der Waals surface area contributed by atoms with Gasteiger partial charge in [0.2, 0.25) is 12.5 Å². The number of ether oxygens (including phenoxy) is 6. The highest BCUT2D eigenvalue weighted by molar-refractivity contribution is 5.79. The number of phenols is 1. The smallest absolute Gasteiger partial charge is 0.407 e. The number of hydrogen-bond donors (Lipinski definition) is 2. The Balaban J connectivity index is 1.44. The van der Waals surface area contributed by atoms with Gasteiger partial charge < -0.3 is 38.8 Å². The number of benzene rings is 2. The fraction of sp³-hybridized carbons (Fsp3) is 0.500.